The maximum atomic E-state index is 3.71. The van der Waals surface area contributed by atoms with Gasteiger partial charge in [-0.15, -0.1) is 0 Å². The van der Waals surface area contributed by atoms with E-state index in [-0.39, 0.29) is 0 Å². The minimum absolute atomic E-state index is 0.716. The average Bonchev–Trinajstić information content (AvgIpc) is 2.38. The van der Waals surface area contributed by atoms with Gasteiger partial charge in [0.2, 0.25) is 0 Å². The second-order valence-corrected chi connectivity index (χ2v) is 5.90. The highest BCUT2D eigenvalue weighted by Gasteiger charge is 2.33. The van der Waals surface area contributed by atoms with Crippen molar-refractivity contribution in [3.05, 3.63) is 29.3 Å². The maximum Gasteiger partial charge on any atom is 0.0443 e. The molecular weight excluding hydrogens is 220 g/mol. The van der Waals surface area contributed by atoms with Gasteiger partial charge in [0.25, 0.3) is 0 Å². The zero-order valence-corrected chi connectivity index (χ0v) is 11.6. The third-order valence-corrected chi connectivity index (χ3v) is 4.55. The normalized spacial score (nSPS) is 28.0. The Kier molecular flexibility index (Phi) is 3.29. The molecule has 1 saturated carbocycles. The summed E-state index contributed by atoms with van der Waals surface area (Å²) in [6.45, 7) is 6.72. The van der Waals surface area contributed by atoms with E-state index in [0.29, 0.717) is 12.1 Å². The van der Waals surface area contributed by atoms with Crippen molar-refractivity contribution in [3.8, 4) is 0 Å². The minimum Gasteiger partial charge on any atom is -0.365 e. The Morgan fingerprint density at radius 3 is 2.83 bits per heavy atom. The molecule has 3 rings (SSSR count). The summed E-state index contributed by atoms with van der Waals surface area (Å²) in [5.41, 5.74) is 4.26. The van der Waals surface area contributed by atoms with Gasteiger partial charge in [0.1, 0.15) is 0 Å². The van der Waals surface area contributed by atoms with E-state index in [2.05, 4.69) is 42.3 Å². The van der Waals surface area contributed by atoms with Crippen molar-refractivity contribution in [3.63, 3.8) is 0 Å². The Labute approximate surface area is 110 Å². The van der Waals surface area contributed by atoms with Crippen LogP contribution in [0.25, 0.3) is 0 Å². The number of nitrogens with zero attached hydrogens (tertiary/aromatic N) is 1. The summed E-state index contributed by atoms with van der Waals surface area (Å²) in [5, 5.41) is 3.71. The number of hydrogen-bond acceptors (Lipinski definition) is 2. The van der Waals surface area contributed by atoms with Gasteiger partial charge < -0.3 is 10.2 Å². The molecule has 0 amide bonds. The molecule has 98 valence electrons. The quantitative estimate of drug-likeness (QED) is 0.817. The minimum atomic E-state index is 0.716. The van der Waals surface area contributed by atoms with E-state index in [9.17, 15) is 0 Å². The van der Waals surface area contributed by atoms with Crippen LogP contribution in [0.3, 0.4) is 0 Å². The van der Waals surface area contributed by atoms with Crippen molar-refractivity contribution in [2.45, 2.75) is 51.6 Å². The fourth-order valence-electron chi connectivity index (χ4n) is 3.69. The summed E-state index contributed by atoms with van der Waals surface area (Å²) in [7, 11) is 0. The van der Waals surface area contributed by atoms with Crippen LogP contribution in [0.4, 0.5) is 5.69 Å². The van der Waals surface area contributed by atoms with Gasteiger partial charge in [0, 0.05) is 30.9 Å². The Hall–Kier alpha value is -1.02. The zero-order chi connectivity index (χ0) is 12.5. The molecule has 1 aliphatic heterocycles. The van der Waals surface area contributed by atoms with Crippen LogP contribution in [-0.2, 0) is 0 Å². The molecular formula is C16H24N2. The van der Waals surface area contributed by atoms with E-state index in [4.69, 9.17) is 0 Å². The number of piperazine rings is 1. The Balaban J connectivity index is 1.89. The number of rotatable bonds is 1. The lowest BCUT2D eigenvalue weighted by Crippen LogP contribution is -2.59. The lowest BCUT2D eigenvalue weighted by Gasteiger charge is -2.46. The predicted octanol–water partition coefficient (Wildman–Crippen LogP) is 3.02. The molecule has 0 aromatic heterocycles. The van der Waals surface area contributed by atoms with Crippen molar-refractivity contribution in [2.75, 3.05) is 18.0 Å². The van der Waals surface area contributed by atoms with Crippen LogP contribution in [0.15, 0.2) is 18.2 Å². The molecule has 2 aliphatic rings. The topological polar surface area (TPSA) is 15.3 Å². The van der Waals surface area contributed by atoms with Crippen LogP contribution in [0.5, 0.6) is 0 Å². The lowest BCUT2D eigenvalue weighted by atomic mass is 9.87. The van der Waals surface area contributed by atoms with Gasteiger partial charge >= 0.3 is 0 Å². The summed E-state index contributed by atoms with van der Waals surface area (Å²) >= 11 is 0. The van der Waals surface area contributed by atoms with Gasteiger partial charge in [-0.25, -0.2) is 0 Å². The average molecular weight is 244 g/mol. The highest BCUT2D eigenvalue weighted by Crippen LogP contribution is 2.31. The summed E-state index contributed by atoms with van der Waals surface area (Å²) in [4.78, 5) is 2.66. The van der Waals surface area contributed by atoms with E-state index in [0.717, 1.165) is 13.1 Å². The van der Waals surface area contributed by atoms with Crippen LogP contribution in [-0.4, -0.2) is 25.2 Å². The number of anilines is 1. The molecule has 1 aromatic carbocycles. The first-order chi connectivity index (χ1) is 8.75. The Morgan fingerprint density at radius 2 is 2.00 bits per heavy atom. The third-order valence-electron chi connectivity index (χ3n) is 4.55. The molecule has 2 heteroatoms. The number of nitrogens with one attached hydrogen (secondary N) is 1. The van der Waals surface area contributed by atoms with Gasteiger partial charge in [-0.3, -0.25) is 0 Å². The number of benzene rings is 1. The molecule has 1 aromatic rings. The van der Waals surface area contributed by atoms with E-state index in [1.54, 1.807) is 0 Å². The standard InChI is InChI=1S/C16H24N2/c1-12-7-8-15(13(2)11-12)18-10-9-17-14-5-3-4-6-16(14)18/h7-8,11,14,16-17H,3-6,9-10H2,1-2H3/t14-,16-/m0/s1. The highest BCUT2D eigenvalue weighted by atomic mass is 15.2. The third kappa shape index (κ3) is 2.14. The second-order valence-electron chi connectivity index (χ2n) is 5.90. The van der Waals surface area contributed by atoms with Gasteiger partial charge in [0.15, 0.2) is 0 Å². The predicted molar refractivity (Wildman–Crippen MR) is 77.3 cm³/mol. The summed E-state index contributed by atoms with van der Waals surface area (Å²) in [5.74, 6) is 0. The van der Waals surface area contributed by atoms with E-state index < -0.39 is 0 Å². The van der Waals surface area contributed by atoms with Crippen LogP contribution >= 0.6 is 0 Å². The van der Waals surface area contributed by atoms with Crippen molar-refractivity contribution in [1.82, 2.24) is 5.32 Å². The number of hydrogen-bond donors (Lipinski definition) is 1. The Morgan fingerprint density at radius 1 is 1.17 bits per heavy atom. The first kappa shape index (κ1) is 12.0. The van der Waals surface area contributed by atoms with Crippen molar-refractivity contribution < 1.29 is 0 Å². The van der Waals surface area contributed by atoms with Crippen molar-refractivity contribution in [1.29, 1.82) is 0 Å². The van der Waals surface area contributed by atoms with Crippen LogP contribution < -0.4 is 10.2 Å². The zero-order valence-electron chi connectivity index (χ0n) is 11.6. The summed E-state index contributed by atoms with van der Waals surface area (Å²) in [6, 6.07) is 8.32. The first-order valence-electron chi connectivity index (χ1n) is 7.33. The van der Waals surface area contributed by atoms with Gasteiger partial charge in [-0.2, -0.15) is 0 Å². The monoisotopic (exact) mass is 244 g/mol. The smallest absolute Gasteiger partial charge is 0.0443 e. The first-order valence-corrected chi connectivity index (χ1v) is 7.33. The molecule has 18 heavy (non-hydrogen) atoms. The molecule has 2 fully saturated rings. The largest absolute Gasteiger partial charge is 0.365 e. The molecule has 0 unspecified atom stereocenters. The van der Waals surface area contributed by atoms with Crippen LogP contribution in [0, 0.1) is 13.8 Å². The molecule has 0 bridgehead atoms. The highest BCUT2D eigenvalue weighted by molar-refractivity contribution is 5.56. The van der Waals surface area contributed by atoms with Gasteiger partial charge in [0.05, 0.1) is 0 Å². The number of aryl methyl sites for hydroxylation is 2. The van der Waals surface area contributed by atoms with Crippen LogP contribution in [0.2, 0.25) is 0 Å². The lowest BCUT2D eigenvalue weighted by molar-refractivity contribution is 0.284. The molecule has 1 N–H and O–H groups in total. The maximum absolute atomic E-state index is 3.71. The fraction of sp³-hybridized carbons (Fsp3) is 0.625. The van der Waals surface area contributed by atoms with Crippen LogP contribution in [0.1, 0.15) is 36.8 Å². The SMILES string of the molecule is Cc1ccc(N2CCN[C@H]3CCCC[C@@H]32)c(C)c1. The van der Waals surface area contributed by atoms with E-state index in [1.807, 2.05) is 0 Å². The number of fused-ring (bicyclic) bond motifs is 1. The summed E-state index contributed by atoms with van der Waals surface area (Å²) < 4.78 is 0. The van der Waals surface area contributed by atoms with Crippen molar-refractivity contribution in [2.24, 2.45) is 0 Å². The molecule has 1 heterocycles. The second kappa shape index (κ2) is 4.93. The van der Waals surface area contributed by atoms with Gasteiger partial charge in [-0.05, 0) is 38.3 Å². The molecule has 2 nitrogen and oxygen atoms in total. The van der Waals surface area contributed by atoms with Gasteiger partial charge in [-0.1, -0.05) is 30.5 Å². The van der Waals surface area contributed by atoms with E-state index in [1.165, 1.54) is 42.5 Å². The molecule has 1 aliphatic carbocycles. The van der Waals surface area contributed by atoms with Crippen molar-refractivity contribution >= 4 is 5.69 Å². The molecule has 0 spiro atoms. The Bertz CT molecular complexity index is 425. The van der Waals surface area contributed by atoms with E-state index >= 15 is 0 Å². The molecule has 2 atom stereocenters. The molecule has 0 radical (unpaired) electrons. The summed E-state index contributed by atoms with van der Waals surface area (Å²) in [6.07, 6.45) is 5.50. The molecule has 1 saturated heterocycles. The fourth-order valence-corrected chi connectivity index (χ4v) is 3.69.